The number of fused-ring (bicyclic) bond motifs is 5. The summed E-state index contributed by atoms with van der Waals surface area (Å²) in [7, 11) is 6.58. The summed E-state index contributed by atoms with van der Waals surface area (Å²) in [5, 5.41) is 24.6. The first-order chi connectivity index (χ1) is 41.3. The van der Waals surface area contributed by atoms with Crippen molar-refractivity contribution in [1.82, 2.24) is 64.0 Å². The number of anilines is 3. The Hall–Kier alpha value is -9.07. The largest absolute Gasteiger partial charge is 0.493 e. The number of hydrogen-bond acceptors (Lipinski definition) is 18. The molecule has 0 aliphatic carbocycles. The Labute approximate surface area is 525 Å². The molecule has 13 aromatic rings. The second-order valence-corrected chi connectivity index (χ2v) is 19.2. The number of H-pyrrole nitrogens is 3. The van der Waals surface area contributed by atoms with E-state index in [0.717, 1.165) is 61.0 Å². The van der Waals surface area contributed by atoms with E-state index in [0.29, 0.717) is 78.0 Å². The summed E-state index contributed by atoms with van der Waals surface area (Å²) in [6.07, 6.45) is 14.1. The number of hydrogen-bond donors (Lipinski definition) is 7. The molecule has 23 nitrogen and oxygen atoms in total. The summed E-state index contributed by atoms with van der Waals surface area (Å²) in [4.78, 5) is 44.5. The van der Waals surface area contributed by atoms with Crippen LogP contribution in [0.25, 0.3) is 77.9 Å². The molecule has 0 aliphatic heterocycles. The van der Waals surface area contributed by atoms with Crippen molar-refractivity contribution in [3.8, 4) is 57.1 Å². The third-order valence-electron chi connectivity index (χ3n) is 12.7. The van der Waals surface area contributed by atoms with Crippen molar-refractivity contribution in [3.63, 3.8) is 0 Å². The van der Waals surface area contributed by atoms with Crippen LogP contribution in [0.2, 0.25) is 0 Å². The Kier molecular flexibility index (Phi) is 21.7. The van der Waals surface area contributed by atoms with E-state index in [-0.39, 0.29) is 34.9 Å². The summed E-state index contributed by atoms with van der Waals surface area (Å²) in [5.41, 5.74) is 16.3. The van der Waals surface area contributed by atoms with E-state index < -0.39 is 14.3 Å². The molecule has 8 heterocycles. The van der Waals surface area contributed by atoms with Crippen molar-refractivity contribution in [2.24, 2.45) is 0 Å². The van der Waals surface area contributed by atoms with Crippen molar-refractivity contribution in [2.75, 3.05) is 60.9 Å². The fourth-order valence-electron chi connectivity index (χ4n) is 8.68. The maximum absolute atomic E-state index is 9.96. The number of nitrogens with two attached hydrogens (primary N) is 1. The molecule has 0 aliphatic rings. The molecule has 0 amide bonds. The SMILES string of the molecule is Brc1cnc2ncn(-c3ccc4[nH]ccc4c3)c2n1.COc1cc(-c2cnc3ncn(-c4ccc5[nH]ccc5c4)c3n2)cc(OC)c1OC.COc1cc(B(O)O)cc(OC)c1OC.Nc1ncc(Br)nc1Nc1ccc2[nH]ccc2c1.[2H]CF.[B].[W]. The second-order valence-electron chi connectivity index (χ2n) is 17.5. The molecule has 0 fully saturated rings. The van der Waals surface area contributed by atoms with Crippen molar-refractivity contribution >= 4 is 125 Å². The Morgan fingerprint density at radius 3 is 1.50 bits per heavy atom. The van der Waals surface area contributed by atoms with Gasteiger partial charge in [-0.3, -0.25) is 13.5 Å². The molecule has 29 heteroatoms. The van der Waals surface area contributed by atoms with Gasteiger partial charge in [-0.25, -0.2) is 39.9 Å². The molecule has 0 atom stereocenters. The average Bonchev–Trinajstić information content (AvgIpc) is 4.34. The molecule has 8 aromatic heterocycles. The standard InChI is InChI=1S/C22H19N5O3.C13H8BrN5.C12H10BrN5.C9H13BO5.CH3F.B.W/c1-28-18-9-14(10-19(29-2)20(18)30-3)17-11-24-21-22(26-17)27(12-25-21)15-4-5-16-13(8-15)6-7-23-16;14-11-6-16-12-13(18-11)19(7-17-12)9-1-2-10-8(5-9)3-4-15-10;13-10-6-16-11(14)12(18-10)17-8-1-2-9-7(5-8)3-4-15-9;1-13-7-4-6(10(11)12)5-8(14-2)9(7)15-3;1-2;;/h4-12,23H,1-3H3;1-7,15H;1-6,15H,(H2,14,16)(H,17,18);4-5,11-12H,1-3H3;1H3;;/i;;;;1D;;. The van der Waals surface area contributed by atoms with Gasteiger partial charge in [-0.15, -0.1) is 0 Å². The zero-order chi connectivity index (χ0) is 60.1. The number of ether oxygens (including phenoxy) is 6. The monoisotopic (exact) mass is 1460 g/mol. The van der Waals surface area contributed by atoms with Gasteiger partial charge in [-0.1, -0.05) is 0 Å². The van der Waals surface area contributed by atoms with Gasteiger partial charge in [0.05, 0.1) is 75.5 Å². The van der Waals surface area contributed by atoms with E-state index in [4.69, 9.17) is 50.6 Å². The number of rotatable bonds is 12. The van der Waals surface area contributed by atoms with Gasteiger partial charge < -0.3 is 64.5 Å². The molecule has 0 spiro atoms. The fraction of sp³-hybridized carbons (Fsp3) is 0.123. The van der Waals surface area contributed by atoms with Crippen LogP contribution in [-0.2, 0) is 21.1 Å². The van der Waals surface area contributed by atoms with Crippen LogP contribution in [0.3, 0.4) is 0 Å². The van der Waals surface area contributed by atoms with Crippen LogP contribution >= 0.6 is 31.9 Å². The topological polar surface area (TPSA) is 294 Å². The minimum absolute atomic E-state index is 0. The summed E-state index contributed by atoms with van der Waals surface area (Å²) in [5.74, 6) is 3.75. The molecule has 0 saturated carbocycles. The zero-order valence-corrected chi connectivity index (χ0v) is 52.8. The van der Waals surface area contributed by atoms with Crippen LogP contribution in [0.15, 0.2) is 156 Å². The molecule has 13 rings (SSSR count). The number of nitrogens with zero attached hydrogens (tertiary/aromatic N) is 10. The normalized spacial score (nSPS) is 10.6. The summed E-state index contributed by atoms with van der Waals surface area (Å²) in [6, 6.07) is 31.0. The number of methoxy groups -OCH3 is 6. The van der Waals surface area contributed by atoms with Crippen LogP contribution < -0.4 is 44.9 Å². The number of alkyl halides is 1. The predicted octanol–water partition coefficient (Wildman–Crippen LogP) is 9.69. The van der Waals surface area contributed by atoms with Crippen LogP contribution in [0.4, 0.5) is 21.7 Å². The zero-order valence-electron chi connectivity index (χ0n) is 47.7. The van der Waals surface area contributed by atoms with Crippen molar-refractivity contribution < 1.29 is 65.3 Å². The van der Waals surface area contributed by atoms with Crippen molar-refractivity contribution in [1.29, 1.82) is 0 Å². The number of nitrogens with one attached hydrogen (secondary N) is 4. The maximum atomic E-state index is 9.96. The van der Waals surface area contributed by atoms with Gasteiger partial charge in [-0.2, -0.15) is 0 Å². The third kappa shape index (κ3) is 14.4. The van der Waals surface area contributed by atoms with Crippen LogP contribution in [0, 0.1) is 0 Å². The van der Waals surface area contributed by atoms with E-state index in [1.54, 1.807) is 52.6 Å². The third-order valence-corrected chi connectivity index (χ3v) is 13.4. The number of nitrogen functional groups attached to an aromatic ring is 1. The molecule has 0 unspecified atom stereocenters. The van der Waals surface area contributed by atoms with E-state index >= 15 is 0 Å². The minimum Gasteiger partial charge on any atom is -0.493 e. The number of benzene rings is 5. The predicted molar refractivity (Wildman–Crippen MR) is 334 cm³/mol. The molecule has 0 saturated heterocycles. The van der Waals surface area contributed by atoms with Gasteiger partial charge in [0.25, 0.3) is 0 Å². The number of aromatic amines is 3. The number of halogens is 3. The number of imidazole rings is 2. The first kappa shape index (κ1) is 63.0. The van der Waals surface area contributed by atoms with E-state index in [2.05, 4.69) is 99.1 Å². The van der Waals surface area contributed by atoms with Crippen molar-refractivity contribution in [2.45, 2.75) is 0 Å². The quantitative estimate of drug-likeness (QED) is 0.0560. The number of aromatic nitrogens is 13. The fourth-order valence-corrected chi connectivity index (χ4v) is 9.23. The molecular formula is C57H53B2Br2FN15O8W. The van der Waals surface area contributed by atoms with Crippen LogP contribution in [0.1, 0.15) is 1.37 Å². The summed E-state index contributed by atoms with van der Waals surface area (Å²) >= 11 is 6.61. The molecule has 437 valence electrons. The molecule has 8 N–H and O–H groups in total. The van der Waals surface area contributed by atoms with Gasteiger partial charge in [0.1, 0.15) is 21.9 Å². The average molecular weight is 1460 g/mol. The summed E-state index contributed by atoms with van der Waals surface area (Å²) < 4.78 is 52.2. The Bertz CT molecular complexity index is 4370. The second kappa shape index (κ2) is 29.6. The van der Waals surface area contributed by atoms with Gasteiger partial charge in [0.2, 0.25) is 11.5 Å². The van der Waals surface area contributed by atoms with Gasteiger partial charge >= 0.3 is 7.12 Å². The first-order valence-electron chi connectivity index (χ1n) is 25.7. The van der Waals surface area contributed by atoms with Crippen LogP contribution in [-0.4, -0.2) is 139 Å². The minimum atomic E-state index is -1.57. The Morgan fingerprint density at radius 2 is 1.01 bits per heavy atom. The van der Waals surface area contributed by atoms with Gasteiger partial charge in [-0.05, 0) is 134 Å². The van der Waals surface area contributed by atoms with Gasteiger partial charge in [0.15, 0.2) is 57.2 Å². The van der Waals surface area contributed by atoms with E-state index in [9.17, 15) is 4.39 Å². The molecule has 3 radical (unpaired) electrons. The molecule has 5 aromatic carbocycles. The Morgan fingerprint density at radius 1 is 0.570 bits per heavy atom. The van der Waals surface area contributed by atoms with Crippen LogP contribution in [0.5, 0.6) is 34.5 Å². The molecular weight excluding hydrogens is 1410 g/mol. The smallest absolute Gasteiger partial charge is 0.488 e. The first-order valence-corrected chi connectivity index (χ1v) is 26.5. The maximum Gasteiger partial charge on any atom is 0.488 e. The van der Waals surface area contributed by atoms with E-state index in [1.165, 1.54) is 33.5 Å². The van der Waals surface area contributed by atoms with E-state index in [1.807, 2.05) is 101 Å². The molecule has 86 heavy (non-hydrogen) atoms. The van der Waals surface area contributed by atoms with Gasteiger partial charge in [0, 0.05) is 103 Å². The van der Waals surface area contributed by atoms with Crippen molar-refractivity contribution in [3.05, 3.63) is 156 Å². The summed E-state index contributed by atoms with van der Waals surface area (Å²) in [6.45, 7) is 0. The molecule has 0 bridgehead atoms. The Balaban J connectivity index is 0.000000168.